The Labute approximate surface area is 119 Å². The summed E-state index contributed by atoms with van der Waals surface area (Å²) in [5.41, 5.74) is 7.03. The Bertz CT molecular complexity index is 679. The standard InChI is InChI=1S/C15H17NO3S/c1-19-14-7-5-12(6-8-14)9-10-20(17,18)15-4-2-3-13(16)11-15/h2-8,11H,9-10,16H2,1H3. The second-order valence-electron chi connectivity index (χ2n) is 4.49. The van der Waals surface area contributed by atoms with Gasteiger partial charge in [0.05, 0.1) is 17.8 Å². The number of anilines is 1. The smallest absolute Gasteiger partial charge is 0.178 e. The topological polar surface area (TPSA) is 69.4 Å². The molecule has 0 spiro atoms. The van der Waals surface area contributed by atoms with Crippen molar-refractivity contribution >= 4 is 15.5 Å². The molecule has 0 atom stereocenters. The van der Waals surface area contributed by atoms with E-state index in [0.717, 1.165) is 11.3 Å². The van der Waals surface area contributed by atoms with Gasteiger partial charge in [-0.25, -0.2) is 8.42 Å². The average molecular weight is 291 g/mol. The molecule has 20 heavy (non-hydrogen) atoms. The lowest BCUT2D eigenvalue weighted by molar-refractivity contribution is 0.414. The quantitative estimate of drug-likeness (QED) is 0.858. The van der Waals surface area contributed by atoms with Crippen LogP contribution in [0.4, 0.5) is 5.69 Å². The largest absolute Gasteiger partial charge is 0.497 e. The molecule has 0 aliphatic carbocycles. The predicted octanol–water partition coefficient (Wildman–Crippen LogP) is 2.29. The van der Waals surface area contributed by atoms with Crippen LogP contribution in [0.3, 0.4) is 0 Å². The van der Waals surface area contributed by atoms with E-state index in [0.29, 0.717) is 12.1 Å². The van der Waals surface area contributed by atoms with Crippen molar-refractivity contribution in [1.82, 2.24) is 0 Å². The number of ether oxygens (including phenoxy) is 1. The number of benzene rings is 2. The molecule has 0 unspecified atom stereocenters. The highest BCUT2D eigenvalue weighted by molar-refractivity contribution is 7.91. The molecule has 0 radical (unpaired) electrons. The zero-order valence-corrected chi connectivity index (χ0v) is 12.1. The number of hydrogen-bond acceptors (Lipinski definition) is 4. The first-order valence-electron chi connectivity index (χ1n) is 6.22. The van der Waals surface area contributed by atoms with Gasteiger partial charge in [0.2, 0.25) is 0 Å². The maximum Gasteiger partial charge on any atom is 0.178 e. The Morgan fingerprint density at radius 2 is 1.80 bits per heavy atom. The van der Waals surface area contributed by atoms with Gasteiger partial charge in [0.1, 0.15) is 5.75 Å². The number of aryl methyl sites for hydroxylation is 1. The fourth-order valence-corrected chi connectivity index (χ4v) is 3.21. The molecule has 106 valence electrons. The molecule has 2 N–H and O–H groups in total. The van der Waals surface area contributed by atoms with Gasteiger partial charge in [-0.05, 0) is 42.3 Å². The fourth-order valence-electron chi connectivity index (χ4n) is 1.87. The van der Waals surface area contributed by atoms with E-state index < -0.39 is 9.84 Å². The third-order valence-electron chi connectivity index (χ3n) is 3.04. The minimum Gasteiger partial charge on any atom is -0.497 e. The molecular formula is C15H17NO3S. The lowest BCUT2D eigenvalue weighted by Crippen LogP contribution is -2.09. The van der Waals surface area contributed by atoms with Gasteiger partial charge >= 0.3 is 0 Å². The average Bonchev–Trinajstić information content (AvgIpc) is 2.46. The van der Waals surface area contributed by atoms with Crippen molar-refractivity contribution in [2.45, 2.75) is 11.3 Å². The third-order valence-corrected chi connectivity index (χ3v) is 4.75. The van der Waals surface area contributed by atoms with Crippen LogP contribution >= 0.6 is 0 Å². The van der Waals surface area contributed by atoms with Crippen LogP contribution in [0.1, 0.15) is 5.56 Å². The lowest BCUT2D eigenvalue weighted by atomic mass is 10.2. The molecule has 0 saturated carbocycles. The Morgan fingerprint density at radius 1 is 1.10 bits per heavy atom. The highest BCUT2D eigenvalue weighted by Crippen LogP contribution is 2.17. The first-order valence-corrected chi connectivity index (χ1v) is 7.88. The number of nitrogen functional groups attached to an aromatic ring is 1. The van der Waals surface area contributed by atoms with Crippen molar-refractivity contribution < 1.29 is 13.2 Å². The van der Waals surface area contributed by atoms with E-state index >= 15 is 0 Å². The van der Waals surface area contributed by atoms with Crippen LogP contribution in [-0.2, 0) is 16.3 Å². The minimum absolute atomic E-state index is 0.0583. The SMILES string of the molecule is COc1ccc(CCS(=O)(=O)c2cccc(N)c2)cc1. The van der Waals surface area contributed by atoms with E-state index in [1.54, 1.807) is 25.3 Å². The summed E-state index contributed by atoms with van der Waals surface area (Å²) in [6.45, 7) is 0. The molecule has 4 nitrogen and oxygen atoms in total. The molecule has 0 heterocycles. The van der Waals surface area contributed by atoms with Crippen molar-refractivity contribution in [1.29, 1.82) is 0 Å². The van der Waals surface area contributed by atoms with Crippen LogP contribution in [0.15, 0.2) is 53.4 Å². The molecule has 0 aliphatic rings. The van der Waals surface area contributed by atoms with Gasteiger partial charge < -0.3 is 10.5 Å². The predicted molar refractivity (Wildman–Crippen MR) is 79.6 cm³/mol. The van der Waals surface area contributed by atoms with Gasteiger partial charge in [0.15, 0.2) is 9.84 Å². The Morgan fingerprint density at radius 3 is 2.40 bits per heavy atom. The van der Waals surface area contributed by atoms with E-state index in [9.17, 15) is 8.42 Å². The molecule has 0 aromatic heterocycles. The van der Waals surface area contributed by atoms with Gasteiger partial charge in [-0.1, -0.05) is 18.2 Å². The molecule has 5 heteroatoms. The summed E-state index contributed by atoms with van der Waals surface area (Å²) >= 11 is 0. The molecule has 0 aliphatic heterocycles. The van der Waals surface area contributed by atoms with Gasteiger partial charge in [-0.3, -0.25) is 0 Å². The maximum atomic E-state index is 12.2. The van der Waals surface area contributed by atoms with Crippen LogP contribution in [0.25, 0.3) is 0 Å². The minimum atomic E-state index is -3.31. The van der Waals surface area contributed by atoms with Crippen LogP contribution < -0.4 is 10.5 Å². The first-order chi connectivity index (χ1) is 9.51. The van der Waals surface area contributed by atoms with Gasteiger partial charge in [0.25, 0.3) is 0 Å². The highest BCUT2D eigenvalue weighted by atomic mass is 32.2. The highest BCUT2D eigenvalue weighted by Gasteiger charge is 2.14. The number of rotatable bonds is 5. The number of hydrogen-bond donors (Lipinski definition) is 1. The summed E-state index contributed by atoms with van der Waals surface area (Å²) in [5.74, 6) is 0.815. The molecule has 2 rings (SSSR count). The molecule has 2 aromatic rings. The second kappa shape index (κ2) is 5.96. The summed E-state index contributed by atoms with van der Waals surface area (Å²) in [5, 5.41) is 0. The monoisotopic (exact) mass is 291 g/mol. The molecule has 0 bridgehead atoms. The summed E-state index contributed by atoms with van der Waals surface area (Å²) < 4.78 is 29.5. The van der Waals surface area contributed by atoms with E-state index in [1.807, 2.05) is 24.3 Å². The molecule has 0 fully saturated rings. The summed E-state index contributed by atoms with van der Waals surface area (Å²) in [6.07, 6.45) is 0.459. The van der Waals surface area contributed by atoms with Gasteiger partial charge in [0, 0.05) is 5.69 Å². The maximum absolute atomic E-state index is 12.2. The molecule has 0 saturated heterocycles. The summed E-state index contributed by atoms with van der Waals surface area (Å²) in [6, 6.07) is 13.8. The van der Waals surface area contributed by atoms with E-state index in [4.69, 9.17) is 10.5 Å². The van der Waals surface area contributed by atoms with Crippen molar-refractivity contribution in [3.63, 3.8) is 0 Å². The Hall–Kier alpha value is -2.01. The molecular weight excluding hydrogens is 274 g/mol. The lowest BCUT2D eigenvalue weighted by Gasteiger charge is -2.06. The summed E-state index contributed by atoms with van der Waals surface area (Å²) in [4.78, 5) is 0.269. The summed E-state index contributed by atoms with van der Waals surface area (Å²) in [7, 11) is -1.71. The van der Waals surface area contributed by atoms with Crippen LogP contribution in [0.2, 0.25) is 0 Å². The van der Waals surface area contributed by atoms with E-state index in [2.05, 4.69) is 0 Å². The van der Waals surface area contributed by atoms with Crippen molar-refractivity contribution in [3.05, 3.63) is 54.1 Å². The first kappa shape index (κ1) is 14.4. The van der Waals surface area contributed by atoms with Crippen LogP contribution in [0, 0.1) is 0 Å². The second-order valence-corrected chi connectivity index (χ2v) is 6.60. The third kappa shape index (κ3) is 3.51. The number of sulfone groups is 1. The Balaban J connectivity index is 2.09. The van der Waals surface area contributed by atoms with Gasteiger partial charge in [-0.2, -0.15) is 0 Å². The fraction of sp³-hybridized carbons (Fsp3) is 0.200. The van der Waals surface area contributed by atoms with Crippen molar-refractivity contribution in [2.24, 2.45) is 0 Å². The number of nitrogens with two attached hydrogens (primary N) is 1. The molecule has 2 aromatic carbocycles. The van der Waals surface area contributed by atoms with E-state index in [1.165, 1.54) is 6.07 Å². The van der Waals surface area contributed by atoms with Crippen LogP contribution in [0.5, 0.6) is 5.75 Å². The molecule has 0 amide bonds. The van der Waals surface area contributed by atoms with Gasteiger partial charge in [-0.15, -0.1) is 0 Å². The zero-order chi connectivity index (χ0) is 14.6. The normalized spacial score (nSPS) is 11.2. The van der Waals surface area contributed by atoms with Crippen LogP contribution in [-0.4, -0.2) is 21.3 Å². The van der Waals surface area contributed by atoms with E-state index in [-0.39, 0.29) is 10.6 Å². The van der Waals surface area contributed by atoms with Crippen molar-refractivity contribution in [3.8, 4) is 5.75 Å². The van der Waals surface area contributed by atoms with Crippen molar-refractivity contribution in [2.75, 3.05) is 18.6 Å². The number of methoxy groups -OCH3 is 1. The zero-order valence-electron chi connectivity index (χ0n) is 11.2. The Kier molecular flexibility index (Phi) is 4.29.